The summed E-state index contributed by atoms with van der Waals surface area (Å²) in [6, 6.07) is 41.3. The zero-order chi connectivity index (χ0) is 83.7. The first-order valence-electron chi connectivity index (χ1n) is 36.5. The Balaban J connectivity index is 0.000000139. The van der Waals surface area contributed by atoms with Gasteiger partial charge in [0.1, 0.15) is 23.1 Å². The molecular formula is C86H65Cl6F3N14O9. The molecule has 5 aliphatic rings. The average Bonchev–Trinajstić information content (AvgIpc) is 1.55. The number of aryl methyl sites for hydroxylation is 3. The number of hydrogen-bond donors (Lipinski definition) is 2. The van der Waals surface area contributed by atoms with E-state index in [-0.39, 0.29) is 99.6 Å². The van der Waals surface area contributed by atoms with Crippen LogP contribution in [0.1, 0.15) is 157 Å². The molecule has 2 saturated carbocycles. The molecule has 0 radical (unpaired) electrons. The zero-order valence-electron chi connectivity index (χ0n) is 62.8. The number of nitriles is 2. The molecule has 17 rings (SSSR count). The maximum absolute atomic E-state index is 16.6. The summed E-state index contributed by atoms with van der Waals surface area (Å²) in [7, 11) is 5.02. The van der Waals surface area contributed by atoms with E-state index in [9.17, 15) is 44.7 Å². The second kappa shape index (κ2) is 31.7. The van der Waals surface area contributed by atoms with Gasteiger partial charge in [0, 0.05) is 107 Å². The van der Waals surface area contributed by atoms with Crippen LogP contribution in [-0.4, -0.2) is 112 Å². The lowest BCUT2D eigenvalue weighted by atomic mass is 9.85. The van der Waals surface area contributed by atoms with E-state index < -0.39 is 80.3 Å². The molecule has 2 unspecified atom stereocenters. The van der Waals surface area contributed by atoms with Crippen molar-refractivity contribution in [1.82, 2.24) is 59.0 Å². The largest absolute Gasteiger partial charge is 0.381 e. The van der Waals surface area contributed by atoms with Crippen molar-refractivity contribution in [2.24, 2.45) is 32.0 Å². The molecular weight excluding hydrogens is 1640 g/mol. The average molecular weight is 1710 g/mol. The number of amides is 3. The number of carbonyl (C=O) groups is 5. The highest BCUT2D eigenvalue weighted by atomic mass is 35.5. The number of benzene rings is 6. The molecule has 4 atom stereocenters. The van der Waals surface area contributed by atoms with E-state index in [0.29, 0.717) is 89.6 Å². The number of aromatic nitrogens is 9. The Hall–Kier alpha value is -11.5. The molecule has 118 heavy (non-hydrogen) atoms. The van der Waals surface area contributed by atoms with Crippen LogP contribution in [0, 0.1) is 50.9 Å². The van der Waals surface area contributed by atoms with Gasteiger partial charge < -0.3 is 19.7 Å². The van der Waals surface area contributed by atoms with Gasteiger partial charge in [-0.3, -0.25) is 67.7 Å². The summed E-state index contributed by atoms with van der Waals surface area (Å²) in [6.45, 7) is 1.18. The summed E-state index contributed by atoms with van der Waals surface area (Å²) < 4.78 is 66.3. The summed E-state index contributed by atoms with van der Waals surface area (Å²) in [5.41, 5.74) is -5.66. The van der Waals surface area contributed by atoms with E-state index in [2.05, 4.69) is 42.4 Å². The number of hydrogen-bond acceptors (Lipinski definition) is 17. The van der Waals surface area contributed by atoms with E-state index in [1.807, 2.05) is 0 Å². The Morgan fingerprint density at radius 1 is 0.449 bits per heavy atom. The van der Waals surface area contributed by atoms with Crippen molar-refractivity contribution >= 4 is 98.9 Å². The molecule has 12 aromatic rings. The third-order valence-corrected chi connectivity index (χ3v) is 22.9. The van der Waals surface area contributed by atoms with Crippen molar-refractivity contribution < 1.29 is 56.8 Å². The monoisotopic (exact) mass is 1700 g/mol. The first-order chi connectivity index (χ1) is 56.3. The molecule has 32 heteroatoms. The predicted molar refractivity (Wildman–Crippen MR) is 427 cm³/mol. The SMILES string of the molecule is Cn1cc(C(=O)c2cc(F)c3c(c2)C(=O)N(Cc2ccc(Cl)cn2)C3(O)c2ccc(Cl)cc2)cn1.Cn1cc(C(=O)c2cc(F)c3c(c2)C(=O)N(Cc2ccc(Cl)cn2)[C@@]3(OCC2(C#N)CC2)c2ccc(Cl)cc2)cn1.Cn1cc(C(C)(O)c2cc(F)c3c(c2)C(=O)N(Cc2ccc(Cl)cn2)[C@@]3(OCC2(C#N)CC2)c2ccc(Cl)cc2)cn1. The molecule has 6 aromatic carbocycles. The molecule has 2 aliphatic carbocycles. The minimum Gasteiger partial charge on any atom is -0.381 e. The Bertz CT molecular complexity index is 6100. The highest BCUT2D eigenvalue weighted by Gasteiger charge is 2.60. The third-order valence-electron chi connectivity index (χ3n) is 21.5. The Morgan fingerprint density at radius 2 is 0.797 bits per heavy atom. The lowest BCUT2D eigenvalue weighted by Gasteiger charge is -2.40. The predicted octanol–water partition coefficient (Wildman–Crippen LogP) is 15.7. The van der Waals surface area contributed by atoms with Crippen molar-refractivity contribution in [3.05, 3.63) is 349 Å². The Morgan fingerprint density at radius 3 is 1.16 bits per heavy atom. The molecule has 2 N–H and O–H groups in total. The standard InChI is InChI=1S/C31H26Cl2FN5O3.C30H22Cl2FN5O3.C25H17Cl2FN4O3/c1-29(41,21-13-37-38(2)15-21)20-11-25-27(26(34)12-20)31(19-3-5-22(32)6-4-19,42-18-30(17-35)9-10-30)39(28(25)40)16-24-8-7-23(33)14-36-24;1-37-14-19(12-36-37)27(39)18-10-24-26(25(33)11-18)30(20-2-4-21(31)5-3-20,41-17-29(16-34)8-9-29)38(28(24)40)15-23-7-6-22(32)13-35-23;1-31-12-15(10-30-31)23(33)14-8-20-22(21(28)9-14)25(35,16-2-4-17(26)5-3-16)32(24(20)34)13-19-7-6-18(27)11-29-19/h3-8,11-15,41H,9-10,16,18H2,1-2H3;2-7,10-14H,8-9,15,17H2,1H3;2-12,35H,13H2,1H3/t29?,31-;30-;/m11./s1. The van der Waals surface area contributed by atoms with Crippen LogP contribution < -0.4 is 0 Å². The van der Waals surface area contributed by atoms with Gasteiger partial charge in [0.25, 0.3) is 17.7 Å². The zero-order valence-corrected chi connectivity index (χ0v) is 67.4. The van der Waals surface area contributed by atoms with Crippen LogP contribution in [0.5, 0.6) is 0 Å². The van der Waals surface area contributed by atoms with Gasteiger partial charge in [0.2, 0.25) is 0 Å². The summed E-state index contributed by atoms with van der Waals surface area (Å²) in [5, 5.41) is 57.7. The van der Waals surface area contributed by atoms with Gasteiger partial charge in [-0.2, -0.15) is 25.8 Å². The molecule has 3 aliphatic heterocycles. The van der Waals surface area contributed by atoms with Crippen LogP contribution in [-0.2, 0) is 73.0 Å². The van der Waals surface area contributed by atoms with Gasteiger partial charge in [-0.1, -0.05) is 106 Å². The van der Waals surface area contributed by atoms with Crippen LogP contribution in [0.4, 0.5) is 13.2 Å². The number of nitrogens with zero attached hydrogens (tertiary/aromatic N) is 14. The van der Waals surface area contributed by atoms with Crippen molar-refractivity contribution in [2.75, 3.05) is 13.2 Å². The second-order valence-corrected chi connectivity index (χ2v) is 32.1. The topological polar surface area (TPSA) is 294 Å². The van der Waals surface area contributed by atoms with Gasteiger partial charge in [0.15, 0.2) is 28.7 Å². The quantitative estimate of drug-likeness (QED) is 0.0632. The first-order valence-corrected chi connectivity index (χ1v) is 38.8. The van der Waals surface area contributed by atoms with E-state index in [0.717, 1.165) is 17.0 Å². The fourth-order valence-electron chi connectivity index (χ4n) is 14.7. The van der Waals surface area contributed by atoms with E-state index in [1.54, 1.807) is 112 Å². The van der Waals surface area contributed by atoms with Crippen LogP contribution in [0.3, 0.4) is 0 Å². The van der Waals surface area contributed by atoms with Gasteiger partial charge in [-0.05, 0) is 147 Å². The lowest BCUT2D eigenvalue weighted by Crippen LogP contribution is -2.47. The normalized spacial score (nSPS) is 18.8. The molecule has 2 fully saturated rings. The summed E-state index contributed by atoms with van der Waals surface area (Å²) in [5.74, 6) is -5.17. The molecule has 6 aromatic heterocycles. The molecule has 9 heterocycles. The van der Waals surface area contributed by atoms with E-state index in [4.69, 9.17) is 79.1 Å². The van der Waals surface area contributed by atoms with Crippen molar-refractivity contribution in [1.29, 1.82) is 10.5 Å². The number of aliphatic hydroxyl groups is 2. The summed E-state index contributed by atoms with van der Waals surface area (Å²) in [6.07, 6.45) is 15.7. The molecule has 3 amide bonds. The van der Waals surface area contributed by atoms with Crippen LogP contribution in [0.15, 0.2) is 201 Å². The third kappa shape index (κ3) is 15.2. The molecule has 0 spiro atoms. The first kappa shape index (κ1) is 81.6. The number of halogens is 9. The maximum Gasteiger partial charge on any atom is 0.257 e. The van der Waals surface area contributed by atoms with Crippen LogP contribution in [0.2, 0.25) is 30.1 Å². The lowest BCUT2D eigenvalue weighted by molar-refractivity contribution is -0.122. The highest BCUT2D eigenvalue weighted by Crippen LogP contribution is 2.55. The van der Waals surface area contributed by atoms with Crippen molar-refractivity contribution in [2.45, 2.75) is 75.0 Å². The Kier molecular flexibility index (Phi) is 22.0. The minimum atomic E-state index is -2.17. The Labute approximate surface area is 702 Å². The van der Waals surface area contributed by atoms with Crippen LogP contribution >= 0.6 is 69.6 Å². The molecule has 596 valence electrons. The number of ketones is 2. The fraction of sp³-hybridized carbons (Fsp3) is 0.221. The second-order valence-electron chi connectivity index (χ2n) is 29.5. The smallest absolute Gasteiger partial charge is 0.257 e. The fourth-order valence-corrected chi connectivity index (χ4v) is 15.5. The summed E-state index contributed by atoms with van der Waals surface area (Å²) >= 11 is 36.5. The molecule has 23 nitrogen and oxygen atoms in total. The van der Waals surface area contributed by atoms with Crippen molar-refractivity contribution in [3.63, 3.8) is 0 Å². The number of fused-ring (bicyclic) bond motifs is 3. The highest BCUT2D eigenvalue weighted by molar-refractivity contribution is 6.32. The van der Waals surface area contributed by atoms with Crippen LogP contribution in [0.25, 0.3) is 0 Å². The number of ether oxygens (including phenoxy) is 2. The number of pyridine rings is 3. The van der Waals surface area contributed by atoms with Gasteiger partial charge >= 0.3 is 0 Å². The number of rotatable bonds is 21. The van der Waals surface area contributed by atoms with Gasteiger partial charge in [-0.15, -0.1) is 0 Å². The minimum absolute atomic E-state index is 0.00485. The van der Waals surface area contributed by atoms with Crippen molar-refractivity contribution in [3.8, 4) is 12.1 Å². The maximum atomic E-state index is 16.6. The van der Waals surface area contributed by atoms with Gasteiger partial charge in [-0.25, -0.2) is 13.2 Å². The molecule has 0 bridgehead atoms. The summed E-state index contributed by atoms with van der Waals surface area (Å²) in [4.78, 5) is 85.2. The van der Waals surface area contributed by atoms with E-state index in [1.165, 1.54) is 129 Å². The van der Waals surface area contributed by atoms with Gasteiger partial charge in [0.05, 0.1) is 151 Å². The van der Waals surface area contributed by atoms with E-state index >= 15 is 13.2 Å². The molecule has 0 saturated heterocycles. The number of carbonyl (C=O) groups excluding carboxylic acids is 5.